The van der Waals surface area contributed by atoms with Crippen molar-refractivity contribution in [1.29, 1.82) is 0 Å². The molecule has 0 unspecified atom stereocenters. The third kappa shape index (κ3) is 46.6. The van der Waals surface area contributed by atoms with Crippen molar-refractivity contribution in [2.45, 2.75) is 26.7 Å². The van der Waals surface area contributed by atoms with Gasteiger partial charge in [0.2, 0.25) is 0 Å². The van der Waals surface area contributed by atoms with E-state index in [1.165, 1.54) is 7.11 Å². The first kappa shape index (κ1) is 35.3. The van der Waals surface area contributed by atoms with Gasteiger partial charge in [0.15, 0.2) is 13.2 Å². The lowest BCUT2D eigenvalue weighted by molar-refractivity contribution is -0.0164. The van der Waals surface area contributed by atoms with Crippen LogP contribution < -0.4 is 0 Å². The molecule has 0 spiro atoms. The van der Waals surface area contributed by atoms with Gasteiger partial charge in [0.05, 0.1) is 13.7 Å². The van der Waals surface area contributed by atoms with E-state index in [2.05, 4.69) is 35.3 Å². The maximum atomic E-state index is 11.3. The molecule has 0 aromatic rings. The van der Waals surface area contributed by atoms with Crippen molar-refractivity contribution in [3.05, 3.63) is 6.92 Å². The summed E-state index contributed by atoms with van der Waals surface area (Å²) < 4.78 is 69.0. The zero-order valence-corrected chi connectivity index (χ0v) is 16.9. The minimum Gasteiger partial charge on any atom is -0.450 e. The van der Waals surface area contributed by atoms with E-state index >= 15 is 0 Å². The lowest BCUT2D eigenvalue weighted by Gasteiger charge is -2.04. The average Bonchev–Trinajstić information content (AvgIpc) is 2.70. The number of carbonyl (C=O) groups is 4. The summed E-state index contributed by atoms with van der Waals surface area (Å²) in [6.45, 7) is 4.23. The molecule has 0 bridgehead atoms. The van der Waals surface area contributed by atoms with E-state index in [0.29, 0.717) is 6.61 Å². The fourth-order valence-electron chi connectivity index (χ4n) is 0.738. The predicted molar refractivity (Wildman–Crippen MR) is 92.3 cm³/mol. The number of ether oxygens (including phenoxy) is 6. The minimum atomic E-state index is -2.83. The van der Waals surface area contributed by atoms with Gasteiger partial charge in [-0.1, -0.05) is 13.8 Å². The maximum absolute atomic E-state index is 11.3. The molecule has 0 rings (SSSR count). The van der Waals surface area contributed by atoms with Crippen LogP contribution in [0.5, 0.6) is 0 Å². The van der Waals surface area contributed by atoms with Crippen molar-refractivity contribution < 1.29 is 75.4 Å². The Labute approximate surface area is 174 Å². The van der Waals surface area contributed by atoms with Gasteiger partial charge < -0.3 is 38.6 Å². The normalized spacial score (nSPS) is 8.71. The first-order valence-corrected chi connectivity index (χ1v) is 7.94. The highest BCUT2D eigenvalue weighted by molar-refractivity contribution is 5.60. The van der Waals surface area contributed by atoms with Gasteiger partial charge in [-0.3, -0.25) is 0 Å². The molecule has 31 heavy (non-hydrogen) atoms. The number of carboxylic acid groups (broad SMARTS) is 2. The van der Waals surface area contributed by atoms with Crippen LogP contribution in [0.1, 0.15) is 13.8 Å². The van der Waals surface area contributed by atoms with Gasteiger partial charge in [0.25, 0.3) is 12.9 Å². The van der Waals surface area contributed by atoms with Gasteiger partial charge in [0.1, 0.15) is 13.2 Å². The van der Waals surface area contributed by atoms with E-state index in [4.69, 9.17) is 10.2 Å². The SMILES string of the molecule is CCOC(=O)OC.O=C(O)OCCOC(=O)O.O=C(OCC(F)F)OCC(F)F.[CH2]C. The molecule has 1 radical (unpaired) electrons. The van der Waals surface area contributed by atoms with Crippen LogP contribution in [0.4, 0.5) is 36.7 Å². The smallest absolute Gasteiger partial charge is 0.450 e. The van der Waals surface area contributed by atoms with Crippen LogP contribution >= 0.6 is 0 Å². The number of carbonyl (C=O) groups excluding carboxylic acids is 2. The van der Waals surface area contributed by atoms with Gasteiger partial charge in [-0.15, -0.1) is 0 Å². The third-order valence-electron chi connectivity index (χ3n) is 1.62. The van der Waals surface area contributed by atoms with E-state index in [9.17, 15) is 36.7 Å². The van der Waals surface area contributed by atoms with E-state index in [0.717, 1.165) is 0 Å². The largest absolute Gasteiger partial charge is 0.508 e. The number of rotatable bonds is 8. The summed E-state index contributed by atoms with van der Waals surface area (Å²) in [7, 11) is 1.28. The first-order chi connectivity index (χ1) is 14.5. The zero-order chi connectivity index (χ0) is 25.2. The summed E-state index contributed by atoms with van der Waals surface area (Å²) in [6.07, 6.45) is -10.7. The number of hydrogen-bond acceptors (Lipinski definition) is 10. The Bertz CT molecular complexity index is 433. The Morgan fingerprint density at radius 2 is 1.10 bits per heavy atom. The second-order valence-electron chi connectivity index (χ2n) is 3.77. The maximum Gasteiger partial charge on any atom is 0.508 e. The molecule has 0 aromatic heterocycles. The number of hydrogen-bond donors (Lipinski definition) is 2. The van der Waals surface area contributed by atoms with E-state index in [1.807, 2.05) is 0 Å². The highest BCUT2D eigenvalue weighted by Gasteiger charge is 2.11. The summed E-state index contributed by atoms with van der Waals surface area (Å²) in [5.74, 6) is 0. The van der Waals surface area contributed by atoms with Crippen molar-refractivity contribution in [3.8, 4) is 0 Å². The summed E-state index contributed by atoms with van der Waals surface area (Å²) in [5, 5.41) is 15.7. The van der Waals surface area contributed by atoms with Crippen LogP contribution in [-0.2, 0) is 28.4 Å². The van der Waals surface area contributed by atoms with Gasteiger partial charge in [-0.05, 0) is 6.92 Å². The molecular formula is C15H25F4O12. The Hall–Kier alpha value is -3.20. The Morgan fingerprint density at radius 1 is 0.742 bits per heavy atom. The molecule has 185 valence electrons. The van der Waals surface area contributed by atoms with Gasteiger partial charge in [-0.2, -0.15) is 0 Å². The van der Waals surface area contributed by atoms with Crippen molar-refractivity contribution in [2.75, 3.05) is 40.1 Å². The summed E-state index contributed by atoms with van der Waals surface area (Å²) in [4.78, 5) is 39.3. The van der Waals surface area contributed by atoms with Crippen LogP contribution in [0.3, 0.4) is 0 Å². The molecule has 0 heterocycles. The predicted octanol–water partition coefficient (Wildman–Crippen LogP) is 3.68. The molecule has 0 fully saturated rings. The molecule has 0 aromatic carbocycles. The fourth-order valence-corrected chi connectivity index (χ4v) is 0.738. The summed E-state index contributed by atoms with van der Waals surface area (Å²) in [6, 6.07) is 0. The van der Waals surface area contributed by atoms with Crippen molar-refractivity contribution in [3.63, 3.8) is 0 Å². The molecular weight excluding hydrogens is 448 g/mol. The Balaban J connectivity index is -0.000000174. The Morgan fingerprint density at radius 3 is 1.29 bits per heavy atom. The molecule has 0 amide bonds. The van der Waals surface area contributed by atoms with Crippen LogP contribution in [0.2, 0.25) is 0 Å². The molecule has 0 aliphatic heterocycles. The van der Waals surface area contributed by atoms with Crippen LogP contribution in [0.25, 0.3) is 0 Å². The molecule has 0 saturated carbocycles. The highest BCUT2D eigenvalue weighted by Crippen LogP contribution is 1.97. The first-order valence-electron chi connectivity index (χ1n) is 7.94. The number of halogens is 4. The van der Waals surface area contributed by atoms with Gasteiger partial charge >= 0.3 is 24.6 Å². The molecule has 16 heteroatoms. The van der Waals surface area contributed by atoms with E-state index in [-0.39, 0.29) is 13.2 Å². The van der Waals surface area contributed by atoms with E-state index in [1.54, 1.807) is 13.8 Å². The van der Waals surface area contributed by atoms with Crippen molar-refractivity contribution >= 4 is 24.6 Å². The zero-order valence-electron chi connectivity index (χ0n) is 16.9. The molecule has 0 aliphatic rings. The third-order valence-corrected chi connectivity index (χ3v) is 1.62. The average molecular weight is 473 g/mol. The molecule has 0 atom stereocenters. The molecule has 0 aliphatic carbocycles. The standard InChI is InChI=1S/C5H6F4O3.C4H6O6.C4H8O3.C2H5/c6-3(7)1-11-5(10)12-2-4(8)9;5-3(6)9-1-2-10-4(7)8;1-3-7-4(5)6-2;1-2/h3-4H,1-2H2;1-2H2,(H,5,6)(H,7,8);3H2,1-2H3;1H2,2H3. The fraction of sp³-hybridized carbons (Fsp3) is 0.667. The lowest BCUT2D eigenvalue weighted by Crippen LogP contribution is -2.16. The monoisotopic (exact) mass is 473 g/mol. The summed E-state index contributed by atoms with van der Waals surface area (Å²) in [5.41, 5.74) is 0. The van der Waals surface area contributed by atoms with Crippen LogP contribution in [-0.4, -0.2) is 87.8 Å². The second-order valence-corrected chi connectivity index (χ2v) is 3.77. The molecule has 12 nitrogen and oxygen atoms in total. The second kappa shape index (κ2) is 26.8. The van der Waals surface area contributed by atoms with Crippen LogP contribution in [0, 0.1) is 6.92 Å². The lowest BCUT2D eigenvalue weighted by atomic mass is 10.7. The van der Waals surface area contributed by atoms with Crippen LogP contribution in [0.15, 0.2) is 0 Å². The highest BCUT2D eigenvalue weighted by atomic mass is 19.3. The topological polar surface area (TPSA) is 164 Å². The molecule has 2 N–H and O–H groups in total. The van der Waals surface area contributed by atoms with Gasteiger partial charge in [0, 0.05) is 0 Å². The Kier molecular flexibility index (Phi) is 30.5. The van der Waals surface area contributed by atoms with E-state index < -0.39 is 50.7 Å². The number of alkyl halides is 4. The van der Waals surface area contributed by atoms with Gasteiger partial charge in [-0.25, -0.2) is 36.7 Å². The minimum absolute atomic E-state index is 0.276. The summed E-state index contributed by atoms with van der Waals surface area (Å²) >= 11 is 0. The molecule has 0 saturated heterocycles. The van der Waals surface area contributed by atoms with Crippen molar-refractivity contribution in [2.24, 2.45) is 0 Å². The van der Waals surface area contributed by atoms with Crippen molar-refractivity contribution in [1.82, 2.24) is 0 Å². The number of methoxy groups -OCH3 is 1. The quantitative estimate of drug-likeness (QED) is 0.228.